The molecule has 90 valence electrons. The summed E-state index contributed by atoms with van der Waals surface area (Å²) in [5.74, 6) is -0.426. The highest BCUT2D eigenvalue weighted by Crippen LogP contribution is 2.13. The third-order valence-electron chi connectivity index (χ3n) is 2.26. The molecular weight excluding hydrogens is 198 g/mol. The van der Waals surface area contributed by atoms with E-state index in [4.69, 9.17) is 19.9 Å². The molecular formula is C10H21NO4. The minimum Gasteiger partial charge on any atom is -0.465 e. The van der Waals surface area contributed by atoms with Crippen molar-refractivity contribution in [2.45, 2.75) is 32.6 Å². The molecule has 2 unspecified atom stereocenters. The fraction of sp³-hybridized carbons (Fsp3) is 0.900. The molecule has 5 nitrogen and oxygen atoms in total. The quantitative estimate of drug-likeness (QED) is 0.499. The van der Waals surface area contributed by atoms with E-state index in [1.807, 2.05) is 6.92 Å². The number of carbonyl (C=O) groups excluding carboxylic acids is 1. The molecule has 2 N–H and O–H groups in total. The summed E-state index contributed by atoms with van der Waals surface area (Å²) < 4.78 is 14.9. The van der Waals surface area contributed by atoms with Crippen LogP contribution in [0.5, 0.6) is 0 Å². The van der Waals surface area contributed by atoms with E-state index in [9.17, 15) is 4.79 Å². The summed E-state index contributed by atoms with van der Waals surface area (Å²) in [6, 6.07) is -0.627. The van der Waals surface area contributed by atoms with Gasteiger partial charge in [-0.3, -0.25) is 4.79 Å². The fourth-order valence-electron chi connectivity index (χ4n) is 1.21. The first kappa shape index (κ1) is 14.3. The Hall–Kier alpha value is -0.650. The predicted molar refractivity (Wildman–Crippen MR) is 56.2 cm³/mol. The molecule has 0 rings (SSSR count). The Labute approximate surface area is 90.9 Å². The van der Waals surface area contributed by atoms with Crippen molar-refractivity contribution in [3.63, 3.8) is 0 Å². The summed E-state index contributed by atoms with van der Waals surface area (Å²) in [6.07, 6.45) is 0.230. The normalized spacial score (nSPS) is 15.1. The first-order valence-electron chi connectivity index (χ1n) is 5.04. The van der Waals surface area contributed by atoms with Gasteiger partial charge in [0.2, 0.25) is 0 Å². The second kappa shape index (κ2) is 7.62. The Bertz CT molecular complexity index is 182. The molecule has 0 aliphatic rings. The molecule has 0 bridgehead atoms. The van der Waals surface area contributed by atoms with E-state index < -0.39 is 6.04 Å². The van der Waals surface area contributed by atoms with Gasteiger partial charge in [0.25, 0.3) is 0 Å². The lowest BCUT2D eigenvalue weighted by Crippen LogP contribution is -2.40. The second-order valence-corrected chi connectivity index (χ2v) is 3.39. The number of rotatable bonds is 7. The summed E-state index contributed by atoms with van der Waals surface area (Å²) in [4.78, 5) is 11.3. The van der Waals surface area contributed by atoms with Crippen LogP contribution in [0, 0.1) is 5.92 Å². The van der Waals surface area contributed by atoms with Gasteiger partial charge in [-0.1, -0.05) is 6.92 Å². The zero-order valence-electron chi connectivity index (χ0n) is 9.86. The minimum absolute atomic E-state index is 0.0473. The molecule has 2 atom stereocenters. The molecule has 5 heteroatoms. The van der Waals surface area contributed by atoms with Gasteiger partial charge in [0, 0.05) is 20.6 Å². The van der Waals surface area contributed by atoms with E-state index in [-0.39, 0.29) is 18.2 Å². The largest absolute Gasteiger partial charge is 0.465 e. The van der Waals surface area contributed by atoms with E-state index in [1.165, 1.54) is 0 Å². The highest BCUT2D eigenvalue weighted by Gasteiger charge is 2.24. The van der Waals surface area contributed by atoms with Gasteiger partial charge < -0.3 is 19.9 Å². The minimum atomic E-state index is -0.627. The predicted octanol–water partition coefficient (Wildman–Crippen LogP) is 0.522. The molecule has 0 fully saturated rings. The van der Waals surface area contributed by atoms with Crippen LogP contribution in [-0.4, -0.2) is 39.1 Å². The first-order chi connectivity index (χ1) is 7.06. The Balaban J connectivity index is 4.07. The summed E-state index contributed by atoms with van der Waals surface area (Å²) in [7, 11) is 3.10. The first-order valence-corrected chi connectivity index (χ1v) is 5.04. The Morgan fingerprint density at radius 3 is 2.27 bits per heavy atom. The SMILES string of the molecule is CCOC(=O)C(N)C(C)CC(OC)OC. The molecule has 0 amide bonds. The topological polar surface area (TPSA) is 70.8 Å². The molecule has 0 aromatic rings. The highest BCUT2D eigenvalue weighted by molar-refractivity contribution is 5.75. The molecule has 15 heavy (non-hydrogen) atoms. The molecule has 0 aromatic carbocycles. The van der Waals surface area contributed by atoms with E-state index in [0.717, 1.165) is 0 Å². The van der Waals surface area contributed by atoms with Crippen LogP contribution >= 0.6 is 0 Å². The lowest BCUT2D eigenvalue weighted by atomic mass is 9.99. The molecule has 0 saturated carbocycles. The van der Waals surface area contributed by atoms with Crippen molar-refractivity contribution in [2.75, 3.05) is 20.8 Å². The fourth-order valence-corrected chi connectivity index (χ4v) is 1.21. The van der Waals surface area contributed by atoms with Crippen molar-refractivity contribution in [2.24, 2.45) is 11.7 Å². The van der Waals surface area contributed by atoms with Gasteiger partial charge in [0.1, 0.15) is 6.04 Å². The zero-order chi connectivity index (χ0) is 11.8. The maximum Gasteiger partial charge on any atom is 0.323 e. The number of ether oxygens (including phenoxy) is 3. The third-order valence-corrected chi connectivity index (χ3v) is 2.26. The number of esters is 1. The smallest absolute Gasteiger partial charge is 0.323 e. The van der Waals surface area contributed by atoms with Crippen molar-refractivity contribution in [3.05, 3.63) is 0 Å². The van der Waals surface area contributed by atoms with Crippen LogP contribution in [0.1, 0.15) is 20.3 Å². The highest BCUT2D eigenvalue weighted by atomic mass is 16.7. The van der Waals surface area contributed by atoms with E-state index in [0.29, 0.717) is 13.0 Å². The molecule has 0 spiro atoms. The standard InChI is InChI=1S/C10H21NO4/c1-5-15-10(12)9(11)7(2)6-8(13-3)14-4/h7-9H,5-6,11H2,1-4H3. The van der Waals surface area contributed by atoms with Crippen LogP contribution in [-0.2, 0) is 19.0 Å². The van der Waals surface area contributed by atoms with Gasteiger partial charge in [0.05, 0.1) is 6.61 Å². The molecule has 0 aliphatic heterocycles. The average Bonchev–Trinajstić information content (AvgIpc) is 2.24. The van der Waals surface area contributed by atoms with Gasteiger partial charge in [-0.2, -0.15) is 0 Å². The summed E-state index contributed by atoms with van der Waals surface area (Å²) in [6.45, 7) is 3.96. The molecule has 0 radical (unpaired) electrons. The lowest BCUT2D eigenvalue weighted by molar-refractivity contribution is -0.148. The van der Waals surface area contributed by atoms with Crippen LogP contribution in [0.25, 0.3) is 0 Å². The van der Waals surface area contributed by atoms with Crippen molar-refractivity contribution in [1.82, 2.24) is 0 Å². The molecule has 0 aliphatic carbocycles. The van der Waals surface area contributed by atoms with E-state index in [1.54, 1.807) is 21.1 Å². The second-order valence-electron chi connectivity index (χ2n) is 3.39. The van der Waals surface area contributed by atoms with Crippen LogP contribution < -0.4 is 5.73 Å². The number of hydrogen-bond donors (Lipinski definition) is 1. The number of methoxy groups -OCH3 is 2. The van der Waals surface area contributed by atoms with Crippen LogP contribution in [0.3, 0.4) is 0 Å². The van der Waals surface area contributed by atoms with Gasteiger partial charge in [-0.15, -0.1) is 0 Å². The van der Waals surface area contributed by atoms with Crippen LogP contribution in [0.15, 0.2) is 0 Å². The molecule has 0 saturated heterocycles. The van der Waals surface area contributed by atoms with E-state index in [2.05, 4.69) is 0 Å². The monoisotopic (exact) mass is 219 g/mol. The van der Waals surface area contributed by atoms with E-state index >= 15 is 0 Å². The van der Waals surface area contributed by atoms with Crippen LogP contribution in [0.4, 0.5) is 0 Å². The van der Waals surface area contributed by atoms with Gasteiger partial charge >= 0.3 is 5.97 Å². The Morgan fingerprint density at radius 1 is 1.33 bits per heavy atom. The Morgan fingerprint density at radius 2 is 1.87 bits per heavy atom. The number of nitrogens with two attached hydrogens (primary N) is 1. The van der Waals surface area contributed by atoms with Crippen molar-refractivity contribution >= 4 is 5.97 Å². The van der Waals surface area contributed by atoms with Crippen molar-refractivity contribution in [3.8, 4) is 0 Å². The van der Waals surface area contributed by atoms with Crippen LogP contribution in [0.2, 0.25) is 0 Å². The zero-order valence-corrected chi connectivity index (χ0v) is 9.86. The Kier molecular flexibility index (Phi) is 7.29. The maximum atomic E-state index is 11.3. The summed E-state index contributed by atoms with van der Waals surface area (Å²) in [5, 5.41) is 0. The van der Waals surface area contributed by atoms with Gasteiger partial charge in [-0.05, 0) is 12.8 Å². The summed E-state index contributed by atoms with van der Waals surface area (Å²) in [5.41, 5.74) is 5.72. The number of hydrogen-bond acceptors (Lipinski definition) is 5. The summed E-state index contributed by atoms with van der Waals surface area (Å²) >= 11 is 0. The molecule has 0 heterocycles. The van der Waals surface area contributed by atoms with Crippen molar-refractivity contribution in [1.29, 1.82) is 0 Å². The average molecular weight is 219 g/mol. The van der Waals surface area contributed by atoms with Gasteiger partial charge in [0.15, 0.2) is 6.29 Å². The van der Waals surface area contributed by atoms with Gasteiger partial charge in [-0.25, -0.2) is 0 Å². The third kappa shape index (κ3) is 5.11. The molecule has 0 aromatic heterocycles. The van der Waals surface area contributed by atoms with Crippen molar-refractivity contribution < 1.29 is 19.0 Å². The maximum absolute atomic E-state index is 11.3. The lowest BCUT2D eigenvalue weighted by Gasteiger charge is -2.22. The number of carbonyl (C=O) groups is 1.